The summed E-state index contributed by atoms with van der Waals surface area (Å²) in [4.78, 5) is 37.6. The fourth-order valence-corrected chi connectivity index (χ4v) is 3.01. The summed E-state index contributed by atoms with van der Waals surface area (Å²) in [6, 6.07) is 0. The number of hydrogen-bond donors (Lipinski definition) is 2. The van der Waals surface area contributed by atoms with Crippen LogP contribution in [0.2, 0.25) is 0 Å². The Bertz CT molecular complexity index is 643. The van der Waals surface area contributed by atoms with Crippen molar-refractivity contribution >= 4 is 17.6 Å². The lowest BCUT2D eigenvalue weighted by molar-refractivity contribution is -0.128. The zero-order valence-electron chi connectivity index (χ0n) is 22.7. The van der Waals surface area contributed by atoms with Crippen molar-refractivity contribution in [2.24, 2.45) is 11.0 Å². The number of nitrogens with zero attached hydrogens (tertiary/aromatic N) is 3. The standard InChI is InChI=1S/C25H47N5O7/c1-22(2)23(31)20-36-18-16-35-15-13-28-25(33)21-37-19-17-34-14-12-27-24(32)10-8-6-4-3-5-7-9-11-29-30-26/h22H,3-21H2,1-2H3,(H,27,32)(H,28,33). The number of nitrogens with one attached hydrogen (secondary N) is 2. The highest BCUT2D eigenvalue weighted by atomic mass is 16.5. The minimum Gasteiger partial charge on any atom is -0.377 e. The van der Waals surface area contributed by atoms with Crippen LogP contribution in [0.4, 0.5) is 0 Å². The second-order valence-corrected chi connectivity index (χ2v) is 8.83. The average Bonchev–Trinajstić information content (AvgIpc) is 2.88. The molecule has 2 N–H and O–H groups in total. The number of ether oxygens (including phenoxy) is 4. The highest BCUT2D eigenvalue weighted by Crippen LogP contribution is 2.08. The molecule has 0 atom stereocenters. The minimum absolute atomic E-state index is 0.0311. The van der Waals surface area contributed by atoms with Gasteiger partial charge >= 0.3 is 0 Å². The smallest absolute Gasteiger partial charge is 0.246 e. The first-order valence-corrected chi connectivity index (χ1v) is 13.3. The maximum absolute atomic E-state index is 11.8. The van der Waals surface area contributed by atoms with Gasteiger partial charge in [0.15, 0.2) is 5.78 Å². The third kappa shape index (κ3) is 26.6. The fourth-order valence-electron chi connectivity index (χ4n) is 3.01. The Morgan fingerprint density at radius 3 is 1.81 bits per heavy atom. The number of carbonyl (C=O) groups is 3. The molecule has 0 aromatic heterocycles. The summed E-state index contributed by atoms with van der Waals surface area (Å²) in [6.45, 7) is 7.15. The molecule has 0 fully saturated rings. The molecule has 0 aliphatic rings. The van der Waals surface area contributed by atoms with Gasteiger partial charge in [0, 0.05) is 36.9 Å². The molecule has 12 nitrogen and oxygen atoms in total. The molecule has 0 unspecified atom stereocenters. The molecule has 0 spiro atoms. The molecule has 0 radical (unpaired) electrons. The van der Waals surface area contributed by atoms with Gasteiger partial charge in [0.25, 0.3) is 0 Å². The Balaban J connectivity index is 3.32. The molecule has 214 valence electrons. The molecular weight excluding hydrogens is 482 g/mol. The normalized spacial score (nSPS) is 10.8. The Morgan fingerprint density at radius 2 is 1.22 bits per heavy atom. The van der Waals surface area contributed by atoms with E-state index in [4.69, 9.17) is 24.5 Å². The molecule has 37 heavy (non-hydrogen) atoms. The van der Waals surface area contributed by atoms with Crippen molar-refractivity contribution in [3.63, 3.8) is 0 Å². The Labute approximate surface area is 221 Å². The zero-order chi connectivity index (χ0) is 27.4. The van der Waals surface area contributed by atoms with E-state index in [0.717, 1.165) is 44.9 Å². The molecular formula is C25H47N5O7. The SMILES string of the molecule is CC(C)C(=O)COCCOCCNC(=O)COCCOCCNC(=O)CCCCCCCCCN=[N+]=[N-]. The van der Waals surface area contributed by atoms with Crippen molar-refractivity contribution in [1.29, 1.82) is 0 Å². The molecule has 12 heteroatoms. The van der Waals surface area contributed by atoms with Gasteiger partial charge < -0.3 is 29.6 Å². The average molecular weight is 530 g/mol. The Morgan fingerprint density at radius 1 is 0.703 bits per heavy atom. The predicted octanol–water partition coefficient (Wildman–Crippen LogP) is 2.94. The number of rotatable bonds is 27. The predicted molar refractivity (Wildman–Crippen MR) is 140 cm³/mol. The summed E-state index contributed by atoms with van der Waals surface area (Å²) in [5, 5.41) is 9.03. The van der Waals surface area contributed by atoms with Crippen LogP contribution < -0.4 is 10.6 Å². The fraction of sp³-hybridized carbons (Fsp3) is 0.880. The van der Waals surface area contributed by atoms with Crippen LogP contribution in [0.3, 0.4) is 0 Å². The van der Waals surface area contributed by atoms with E-state index in [1.807, 2.05) is 13.8 Å². The lowest BCUT2D eigenvalue weighted by atomic mass is 10.1. The van der Waals surface area contributed by atoms with Crippen LogP contribution in [0.25, 0.3) is 10.4 Å². The number of ketones is 1. The molecule has 0 rings (SSSR count). The van der Waals surface area contributed by atoms with E-state index in [1.165, 1.54) is 0 Å². The van der Waals surface area contributed by atoms with E-state index in [9.17, 15) is 14.4 Å². The van der Waals surface area contributed by atoms with Crippen molar-refractivity contribution in [3.05, 3.63) is 10.4 Å². The third-order valence-electron chi connectivity index (χ3n) is 5.23. The van der Waals surface area contributed by atoms with Crippen LogP contribution in [0.5, 0.6) is 0 Å². The third-order valence-corrected chi connectivity index (χ3v) is 5.23. The van der Waals surface area contributed by atoms with E-state index in [0.29, 0.717) is 59.1 Å². The molecule has 0 aliphatic carbocycles. The summed E-state index contributed by atoms with van der Waals surface area (Å²) in [7, 11) is 0. The first-order chi connectivity index (χ1) is 18.0. The van der Waals surface area contributed by atoms with Crippen molar-refractivity contribution in [2.75, 3.05) is 72.5 Å². The van der Waals surface area contributed by atoms with Crippen LogP contribution in [-0.4, -0.2) is 90.1 Å². The molecule has 0 aliphatic heterocycles. The van der Waals surface area contributed by atoms with Crippen LogP contribution in [0.1, 0.15) is 65.2 Å². The summed E-state index contributed by atoms with van der Waals surface area (Å²) in [5.74, 6) is -0.177. The number of hydrogen-bond acceptors (Lipinski definition) is 8. The van der Waals surface area contributed by atoms with Crippen molar-refractivity contribution < 1.29 is 33.3 Å². The quantitative estimate of drug-likeness (QED) is 0.0715. The molecule has 0 bridgehead atoms. The van der Waals surface area contributed by atoms with Crippen molar-refractivity contribution in [1.82, 2.24) is 10.6 Å². The second-order valence-electron chi connectivity index (χ2n) is 8.83. The summed E-state index contributed by atoms with van der Waals surface area (Å²) in [5.41, 5.74) is 8.20. The Kier molecular flexibility index (Phi) is 25.2. The zero-order valence-corrected chi connectivity index (χ0v) is 22.7. The molecule has 0 aromatic rings. The van der Waals surface area contributed by atoms with Gasteiger partial charge in [-0.05, 0) is 18.4 Å². The highest BCUT2D eigenvalue weighted by Gasteiger charge is 2.06. The number of carbonyl (C=O) groups excluding carboxylic acids is 3. The minimum atomic E-state index is -0.236. The van der Waals surface area contributed by atoms with E-state index >= 15 is 0 Å². The van der Waals surface area contributed by atoms with Gasteiger partial charge in [0.05, 0.1) is 39.6 Å². The van der Waals surface area contributed by atoms with Gasteiger partial charge in [0.1, 0.15) is 13.2 Å². The summed E-state index contributed by atoms with van der Waals surface area (Å²) >= 11 is 0. The van der Waals surface area contributed by atoms with Crippen molar-refractivity contribution in [3.8, 4) is 0 Å². The molecule has 0 heterocycles. The van der Waals surface area contributed by atoms with Crippen LogP contribution in [-0.2, 0) is 33.3 Å². The molecule has 2 amide bonds. The van der Waals surface area contributed by atoms with E-state index in [1.54, 1.807) is 0 Å². The van der Waals surface area contributed by atoms with Crippen LogP contribution >= 0.6 is 0 Å². The van der Waals surface area contributed by atoms with E-state index in [-0.39, 0.29) is 43.3 Å². The number of amides is 2. The van der Waals surface area contributed by atoms with Gasteiger partial charge in [0.2, 0.25) is 11.8 Å². The van der Waals surface area contributed by atoms with Gasteiger partial charge in [-0.15, -0.1) is 0 Å². The highest BCUT2D eigenvalue weighted by molar-refractivity contribution is 5.81. The first-order valence-electron chi connectivity index (χ1n) is 13.3. The van der Waals surface area contributed by atoms with E-state index in [2.05, 4.69) is 20.7 Å². The molecule has 0 saturated heterocycles. The lowest BCUT2D eigenvalue weighted by Gasteiger charge is -2.09. The van der Waals surface area contributed by atoms with Crippen molar-refractivity contribution in [2.45, 2.75) is 65.2 Å². The number of azide groups is 1. The van der Waals surface area contributed by atoms with E-state index < -0.39 is 0 Å². The largest absolute Gasteiger partial charge is 0.377 e. The van der Waals surface area contributed by atoms with Gasteiger partial charge in [-0.3, -0.25) is 14.4 Å². The lowest BCUT2D eigenvalue weighted by Crippen LogP contribution is -2.31. The Hall–Kier alpha value is -2.24. The summed E-state index contributed by atoms with van der Waals surface area (Å²) < 4.78 is 21.2. The molecule has 0 aromatic carbocycles. The summed E-state index contributed by atoms with van der Waals surface area (Å²) in [6.07, 6.45) is 7.84. The molecule has 0 saturated carbocycles. The monoisotopic (exact) mass is 529 g/mol. The topological polar surface area (TPSA) is 161 Å². The van der Waals surface area contributed by atoms with Gasteiger partial charge in [-0.25, -0.2) is 0 Å². The maximum Gasteiger partial charge on any atom is 0.246 e. The van der Waals surface area contributed by atoms with Gasteiger partial charge in [-0.1, -0.05) is 51.1 Å². The number of unbranched alkanes of at least 4 members (excludes halogenated alkanes) is 6. The number of Topliss-reactive ketones (excluding diaryl/α,β-unsaturated/α-hetero) is 1. The van der Waals surface area contributed by atoms with Crippen LogP contribution in [0.15, 0.2) is 5.11 Å². The van der Waals surface area contributed by atoms with Gasteiger partial charge in [-0.2, -0.15) is 0 Å². The van der Waals surface area contributed by atoms with Crippen LogP contribution in [0, 0.1) is 5.92 Å². The second kappa shape index (κ2) is 26.8. The maximum atomic E-state index is 11.8. The first kappa shape index (κ1) is 34.8.